The Kier molecular flexibility index (Phi) is 4.88. The van der Waals surface area contributed by atoms with Gasteiger partial charge >= 0.3 is 0 Å². The topological polar surface area (TPSA) is 87.6 Å². The SMILES string of the molecule is N#Cc1ccc(-c2csc(C(O)(Cn3cncn3)c3ccc(F)cc3F)n2)cc1. The Morgan fingerprint density at radius 3 is 2.62 bits per heavy atom. The minimum Gasteiger partial charge on any atom is -0.376 e. The third kappa shape index (κ3) is 3.63. The van der Waals surface area contributed by atoms with Gasteiger partial charge in [-0.05, 0) is 24.3 Å². The van der Waals surface area contributed by atoms with Gasteiger partial charge in [0.1, 0.15) is 29.3 Å². The minimum atomic E-state index is -1.89. The number of nitrogens with zero attached hydrogens (tertiary/aromatic N) is 5. The minimum absolute atomic E-state index is 0.116. The standard InChI is InChI=1S/C20H13F2N5OS/c21-15-5-6-16(17(22)7-15)20(28,10-27-12-24-11-25-27)19-26-18(9-29-19)14-3-1-13(8-23)2-4-14/h1-7,9,11-12,28H,10H2. The predicted molar refractivity (Wildman–Crippen MR) is 102 cm³/mol. The highest BCUT2D eigenvalue weighted by atomic mass is 32.1. The Labute approximate surface area is 168 Å². The van der Waals surface area contributed by atoms with Crippen molar-refractivity contribution in [2.45, 2.75) is 12.1 Å². The van der Waals surface area contributed by atoms with E-state index < -0.39 is 17.2 Å². The normalized spacial score (nSPS) is 13.0. The molecule has 0 amide bonds. The zero-order valence-corrected chi connectivity index (χ0v) is 15.6. The van der Waals surface area contributed by atoms with E-state index in [1.165, 1.54) is 23.4 Å². The van der Waals surface area contributed by atoms with E-state index in [0.717, 1.165) is 29.0 Å². The monoisotopic (exact) mass is 409 g/mol. The second-order valence-corrected chi connectivity index (χ2v) is 7.16. The molecule has 0 aliphatic heterocycles. The lowest BCUT2D eigenvalue weighted by Crippen LogP contribution is -2.34. The molecule has 29 heavy (non-hydrogen) atoms. The highest BCUT2D eigenvalue weighted by Crippen LogP contribution is 2.37. The molecule has 0 aliphatic carbocycles. The van der Waals surface area contributed by atoms with Crippen molar-refractivity contribution in [3.05, 3.63) is 88.3 Å². The first kappa shape index (κ1) is 18.9. The Hall–Kier alpha value is -3.48. The van der Waals surface area contributed by atoms with Crippen LogP contribution in [0.5, 0.6) is 0 Å². The van der Waals surface area contributed by atoms with Gasteiger partial charge in [0.05, 0.1) is 23.9 Å². The van der Waals surface area contributed by atoms with Gasteiger partial charge in [-0.15, -0.1) is 11.3 Å². The fourth-order valence-electron chi connectivity index (χ4n) is 2.95. The van der Waals surface area contributed by atoms with Crippen LogP contribution in [-0.4, -0.2) is 24.9 Å². The maximum atomic E-state index is 14.6. The molecule has 0 spiro atoms. The van der Waals surface area contributed by atoms with Crippen LogP contribution >= 0.6 is 11.3 Å². The van der Waals surface area contributed by atoms with Crippen LogP contribution in [0.15, 0.2) is 60.5 Å². The highest BCUT2D eigenvalue weighted by Gasteiger charge is 2.38. The van der Waals surface area contributed by atoms with Crippen LogP contribution in [0.25, 0.3) is 11.3 Å². The van der Waals surface area contributed by atoms with E-state index in [1.807, 2.05) is 6.07 Å². The first-order valence-corrected chi connectivity index (χ1v) is 9.34. The van der Waals surface area contributed by atoms with E-state index in [4.69, 9.17) is 5.26 Å². The second-order valence-electron chi connectivity index (χ2n) is 6.30. The number of hydrogen-bond donors (Lipinski definition) is 1. The van der Waals surface area contributed by atoms with Gasteiger partial charge in [-0.2, -0.15) is 10.4 Å². The average molecular weight is 409 g/mol. The molecule has 4 aromatic rings. The van der Waals surface area contributed by atoms with Gasteiger partial charge in [0.2, 0.25) is 0 Å². The van der Waals surface area contributed by atoms with Gasteiger partial charge in [-0.1, -0.05) is 12.1 Å². The molecule has 0 radical (unpaired) electrons. The van der Waals surface area contributed by atoms with Crippen molar-refractivity contribution in [1.29, 1.82) is 5.26 Å². The lowest BCUT2D eigenvalue weighted by Gasteiger charge is -2.26. The number of thiazole rings is 1. The first-order valence-electron chi connectivity index (χ1n) is 8.46. The number of nitriles is 1. The van der Waals surface area contributed by atoms with Gasteiger partial charge in [-0.25, -0.2) is 23.4 Å². The molecule has 0 bridgehead atoms. The van der Waals surface area contributed by atoms with Crippen molar-refractivity contribution < 1.29 is 13.9 Å². The van der Waals surface area contributed by atoms with Crippen LogP contribution in [0.3, 0.4) is 0 Å². The molecule has 2 heterocycles. The van der Waals surface area contributed by atoms with Crippen molar-refractivity contribution in [3.63, 3.8) is 0 Å². The van der Waals surface area contributed by atoms with Crippen molar-refractivity contribution in [2.24, 2.45) is 0 Å². The largest absolute Gasteiger partial charge is 0.376 e. The summed E-state index contributed by atoms with van der Waals surface area (Å²) in [5.41, 5.74) is -0.181. The number of halogens is 2. The Morgan fingerprint density at radius 2 is 1.97 bits per heavy atom. The molecule has 0 fully saturated rings. The quantitative estimate of drug-likeness (QED) is 0.545. The number of rotatable bonds is 5. The second kappa shape index (κ2) is 7.50. The van der Waals surface area contributed by atoms with E-state index in [1.54, 1.807) is 29.6 Å². The molecule has 0 aliphatic rings. The van der Waals surface area contributed by atoms with Crippen molar-refractivity contribution in [2.75, 3.05) is 0 Å². The van der Waals surface area contributed by atoms with E-state index >= 15 is 0 Å². The van der Waals surface area contributed by atoms with Gasteiger partial charge in [-0.3, -0.25) is 0 Å². The average Bonchev–Trinajstić information content (AvgIpc) is 3.40. The summed E-state index contributed by atoms with van der Waals surface area (Å²) in [6.07, 6.45) is 2.69. The van der Waals surface area contributed by atoms with Crippen LogP contribution < -0.4 is 0 Å². The fourth-order valence-corrected chi connectivity index (χ4v) is 3.89. The molecule has 1 unspecified atom stereocenters. The number of aromatic nitrogens is 4. The number of aliphatic hydroxyl groups is 1. The molecule has 9 heteroatoms. The highest BCUT2D eigenvalue weighted by molar-refractivity contribution is 7.10. The lowest BCUT2D eigenvalue weighted by atomic mass is 9.93. The maximum Gasteiger partial charge on any atom is 0.163 e. The van der Waals surface area contributed by atoms with E-state index in [2.05, 4.69) is 15.1 Å². The molecule has 6 nitrogen and oxygen atoms in total. The van der Waals surface area contributed by atoms with Crippen molar-refractivity contribution >= 4 is 11.3 Å². The molecular weight excluding hydrogens is 396 g/mol. The summed E-state index contributed by atoms with van der Waals surface area (Å²) in [4.78, 5) is 8.34. The summed E-state index contributed by atoms with van der Waals surface area (Å²) in [6.45, 7) is -0.157. The van der Waals surface area contributed by atoms with Gasteiger partial charge in [0.15, 0.2) is 5.60 Å². The molecule has 2 aromatic carbocycles. The Bertz CT molecular complexity index is 1180. The van der Waals surface area contributed by atoms with E-state index in [-0.39, 0.29) is 17.1 Å². The van der Waals surface area contributed by atoms with Crippen LogP contribution in [0.2, 0.25) is 0 Å². The molecule has 2 aromatic heterocycles. The van der Waals surface area contributed by atoms with Crippen LogP contribution in [-0.2, 0) is 12.1 Å². The van der Waals surface area contributed by atoms with Crippen LogP contribution in [0.4, 0.5) is 8.78 Å². The third-order valence-corrected chi connectivity index (χ3v) is 5.40. The number of hydrogen-bond acceptors (Lipinski definition) is 6. The van der Waals surface area contributed by atoms with Crippen molar-refractivity contribution in [3.8, 4) is 17.3 Å². The molecule has 0 saturated heterocycles. The Morgan fingerprint density at radius 1 is 1.17 bits per heavy atom. The van der Waals surface area contributed by atoms with Crippen molar-refractivity contribution in [1.82, 2.24) is 19.7 Å². The summed E-state index contributed by atoms with van der Waals surface area (Å²) in [5.74, 6) is -1.63. The van der Waals surface area contributed by atoms with Gasteiger partial charge < -0.3 is 5.11 Å². The summed E-state index contributed by atoms with van der Waals surface area (Å²) >= 11 is 1.14. The van der Waals surface area contributed by atoms with E-state index in [9.17, 15) is 13.9 Å². The maximum absolute atomic E-state index is 14.6. The van der Waals surface area contributed by atoms with Crippen LogP contribution in [0, 0.1) is 23.0 Å². The molecule has 0 saturated carbocycles. The van der Waals surface area contributed by atoms with E-state index in [0.29, 0.717) is 11.3 Å². The molecular formula is C20H13F2N5OS. The summed E-state index contributed by atoms with van der Waals surface area (Å²) in [7, 11) is 0. The molecule has 144 valence electrons. The van der Waals surface area contributed by atoms with Gasteiger partial charge in [0, 0.05) is 22.6 Å². The smallest absolute Gasteiger partial charge is 0.163 e. The van der Waals surface area contributed by atoms with Gasteiger partial charge in [0.25, 0.3) is 0 Å². The fraction of sp³-hybridized carbons (Fsp3) is 0.100. The Balaban J connectivity index is 1.79. The lowest BCUT2D eigenvalue weighted by molar-refractivity contribution is 0.0533. The molecule has 1 N–H and O–H groups in total. The third-order valence-electron chi connectivity index (χ3n) is 4.40. The zero-order chi connectivity index (χ0) is 20.4. The molecule has 4 rings (SSSR count). The van der Waals surface area contributed by atoms with Crippen LogP contribution in [0.1, 0.15) is 16.1 Å². The summed E-state index contributed by atoms with van der Waals surface area (Å²) in [6, 6.07) is 11.9. The summed E-state index contributed by atoms with van der Waals surface area (Å²) < 4.78 is 29.3. The number of benzene rings is 2. The summed E-state index contributed by atoms with van der Waals surface area (Å²) in [5, 5.41) is 26.4. The molecule has 1 atom stereocenters. The zero-order valence-electron chi connectivity index (χ0n) is 14.8. The first-order chi connectivity index (χ1) is 14.0. The predicted octanol–water partition coefficient (Wildman–Crippen LogP) is 3.49.